The average molecular weight is 140 g/mol. The fourth-order valence-corrected chi connectivity index (χ4v) is 1.11. The van der Waals surface area contributed by atoms with Crippen LogP contribution in [0.2, 0.25) is 0 Å². The van der Waals surface area contributed by atoms with Crippen LogP contribution in [0.15, 0.2) is 0 Å². The number of rotatable bonds is 2. The van der Waals surface area contributed by atoms with Crippen molar-refractivity contribution in [3.63, 3.8) is 0 Å². The summed E-state index contributed by atoms with van der Waals surface area (Å²) in [6.45, 7) is 0.882. The maximum atomic E-state index is 10.9. The molecule has 0 bridgehead atoms. The van der Waals surface area contributed by atoms with Crippen LogP contribution < -0.4 is 0 Å². The van der Waals surface area contributed by atoms with E-state index in [9.17, 15) is 9.59 Å². The molecule has 1 fully saturated rings. The summed E-state index contributed by atoms with van der Waals surface area (Å²) in [6, 6.07) is 0. The van der Waals surface area contributed by atoms with Crippen molar-refractivity contribution in [1.29, 1.82) is 0 Å². The summed E-state index contributed by atoms with van der Waals surface area (Å²) >= 11 is 0. The molecule has 10 heavy (non-hydrogen) atoms. The molecule has 3 heteroatoms. The van der Waals surface area contributed by atoms with Crippen molar-refractivity contribution in [2.75, 3.05) is 13.1 Å². The van der Waals surface area contributed by atoms with Gasteiger partial charge in [-0.3, -0.25) is 9.59 Å². The number of likely N-dealkylation sites (tertiary alicyclic amines) is 1. The Labute approximate surface area is 60.0 Å². The Balaban J connectivity index is 2.39. The summed E-state index contributed by atoms with van der Waals surface area (Å²) in [5.41, 5.74) is 0. The van der Waals surface area contributed by atoms with Gasteiger partial charge in [0.1, 0.15) is 0 Å². The van der Waals surface area contributed by atoms with Gasteiger partial charge in [-0.15, -0.1) is 0 Å². The van der Waals surface area contributed by atoms with Crippen molar-refractivity contribution >= 4 is 12.2 Å². The summed E-state index contributed by atoms with van der Waals surface area (Å²) in [5.74, 6) is 0.0922. The molecule has 0 aromatic carbocycles. The number of carbonyl (C=O) groups is 1. The number of hydrogen-bond acceptors (Lipinski definition) is 2. The third-order valence-electron chi connectivity index (χ3n) is 1.68. The Bertz CT molecular complexity index is 145. The first-order chi connectivity index (χ1) is 4.84. The Hall–Kier alpha value is -0.860. The van der Waals surface area contributed by atoms with E-state index in [0.717, 1.165) is 19.4 Å². The van der Waals surface area contributed by atoms with E-state index in [1.54, 1.807) is 11.2 Å². The quantitative estimate of drug-likeness (QED) is 0.546. The summed E-state index contributed by atoms with van der Waals surface area (Å²) in [4.78, 5) is 22.4. The molecule has 3 nitrogen and oxygen atoms in total. The minimum absolute atomic E-state index is 0.0922. The Morgan fingerprint density at radius 1 is 1.50 bits per heavy atom. The molecule has 1 rings (SSSR count). The van der Waals surface area contributed by atoms with Gasteiger partial charge in [-0.1, -0.05) is 0 Å². The molecule has 1 aliphatic rings. The third kappa shape index (κ3) is 1.56. The van der Waals surface area contributed by atoms with Crippen molar-refractivity contribution in [1.82, 2.24) is 4.90 Å². The van der Waals surface area contributed by atoms with E-state index in [2.05, 4.69) is 0 Å². The van der Waals surface area contributed by atoms with Gasteiger partial charge >= 0.3 is 0 Å². The average Bonchev–Trinajstić information content (AvgIpc) is 1.94. The van der Waals surface area contributed by atoms with Gasteiger partial charge in [-0.05, 0) is 12.8 Å². The van der Waals surface area contributed by atoms with E-state index in [-0.39, 0.29) is 12.5 Å². The molecule has 0 aromatic heterocycles. The Kier molecular flexibility index (Phi) is 2.42. The second kappa shape index (κ2) is 3.34. The Morgan fingerprint density at radius 3 is 2.90 bits per heavy atom. The van der Waals surface area contributed by atoms with Crippen LogP contribution in [0.25, 0.3) is 0 Å². The van der Waals surface area contributed by atoms with E-state index < -0.39 is 0 Å². The molecule has 1 saturated heterocycles. The summed E-state index contributed by atoms with van der Waals surface area (Å²) in [7, 11) is 0. The fraction of sp³-hybridized carbons (Fsp3) is 0.714. The lowest BCUT2D eigenvalue weighted by molar-refractivity contribution is -0.132. The van der Waals surface area contributed by atoms with Crippen molar-refractivity contribution < 1.29 is 9.59 Å². The standard InChI is InChI=1S/C7H10NO2/c9-6-5-8-4-2-1-3-7(8)10/h1-5H2. The zero-order valence-electron chi connectivity index (χ0n) is 5.80. The minimum Gasteiger partial charge on any atom is -0.335 e. The van der Waals surface area contributed by atoms with Gasteiger partial charge in [0.15, 0.2) is 0 Å². The van der Waals surface area contributed by atoms with Crippen LogP contribution in [0.1, 0.15) is 19.3 Å². The summed E-state index contributed by atoms with van der Waals surface area (Å²) in [6.07, 6.45) is 4.31. The predicted octanol–water partition coefficient (Wildman–Crippen LogP) is 0.109. The smallest absolute Gasteiger partial charge is 0.222 e. The topological polar surface area (TPSA) is 37.4 Å². The van der Waals surface area contributed by atoms with Crippen LogP contribution in [0.4, 0.5) is 0 Å². The third-order valence-corrected chi connectivity index (χ3v) is 1.68. The molecule has 1 heterocycles. The normalized spacial score (nSPS) is 19.2. The van der Waals surface area contributed by atoms with Gasteiger partial charge in [0.25, 0.3) is 0 Å². The second-order valence-corrected chi connectivity index (χ2v) is 2.42. The number of amides is 1. The SMILES string of the molecule is O=[C]CN1CCCCC1=O. The number of piperidine rings is 1. The maximum Gasteiger partial charge on any atom is 0.222 e. The zero-order valence-corrected chi connectivity index (χ0v) is 5.80. The second-order valence-electron chi connectivity index (χ2n) is 2.42. The molecule has 0 saturated carbocycles. The van der Waals surface area contributed by atoms with Crippen molar-refractivity contribution in [3.05, 3.63) is 0 Å². The molecule has 0 aromatic rings. The summed E-state index contributed by atoms with van der Waals surface area (Å²) in [5, 5.41) is 0. The highest BCUT2D eigenvalue weighted by Crippen LogP contribution is 2.08. The zero-order chi connectivity index (χ0) is 7.40. The maximum absolute atomic E-state index is 10.9. The van der Waals surface area contributed by atoms with Gasteiger partial charge in [0.05, 0.1) is 6.54 Å². The van der Waals surface area contributed by atoms with E-state index >= 15 is 0 Å². The lowest BCUT2D eigenvalue weighted by Crippen LogP contribution is -2.36. The van der Waals surface area contributed by atoms with E-state index in [4.69, 9.17) is 0 Å². The molecular formula is C7H10NO2. The van der Waals surface area contributed by atoms with Crippen molar-refractivity contribution in [3.8, 4) is 0 Å². The lowest BCUT2D eigenvalue weighted by Gasteiger charge is -2.23. The minimum atomic E-state index is 0.0922. The largest absolute Gasteiger partial charge is 0.335 e. The fourth-order valence-electron chi connectivity index (χ4n) is 1.11. The van der Waals surface area contributed by atoms with Gasteiger partial charge in [0.2, 0.25) is 12.2 Å². The van der Waals surface area contributed by atoms with Crippen LogP contribution in [0.3, 0.4) is 0 Å². The molecule has 0 aliphatic carbocycles. The number of hydrogen-bond donors (Lipinski definition) is 0. The van der Waals surface area contributed by atoms with Crippen molar-refractivity contribution in [2.24, 2.45) is 0 Å². The van der Waals surface area contributed by atoms with Crippen LogP contribution in [-0.2, 0) is 9.59 Å². The van der Waals surface area contributed by atoms with E-state index in [1.807, 2.05) is 0 Å². The highest BCUT2D eigenvalue weighted by atomic mass is 16.2. The highest BCUT2D eigenvalue weighted by Gasteiger charge is 2.16. The van der Waals surface area contributed by atoms with Crippen molar-refractivity contribution in [2.45, 2.75) is 19.3 Å². The molecule has 1 aliphatic heterocycles. The molecule has 1 amide bonds. The van der Waals surface area contributed by atoms with Gasteiger partial charge in [0, 0.05) is 13.0 Å². The molecular weight excluding hydrogens is 130 g/mol. The van der Waals surface area contributed by atoms with Crippen LogP contribution in [0.5, 0.6) is 0 Å². The van der Waals surface area contributed by atoms with Gasteiger partial charge < -0.3 is 4.90 Å². The van der Waals surface area contributed by atoms with Crippen LogP contribution >= 0.6 is 0 Å². The first-order valence-electron chi connectivity index (χ1n) is 3.47. The van der Waals surface area contributed by atoms with Gasteiger partial charge in [-0.2, -0.15) is 0 Å². The predicted molar refractivity (Wildman–Crippen MR) is 36.1 cm³/mol. The molecule has 55 valence electrons. The Morgan fingerprint density at radius 2 is 2.30 bits per heavy atom. The monoisotopic (exact) mass is 140 g/mol. The molecule has 0 spiro atoms. The van der Waals surface area contributed by atoms with E-state index in [0.29, 0.717) is 6.42 Å². The number of nitrogens with zero attached hydrogens (tertiary/aromatic N) is 1. The van der Waals surface area contributed by atoms with Gasteiger partial charge in [-0.25, -0.2) is 0 Å². The first-order valence-corrected chi connectivity index (χ1v) is 3.47. The molecule has 0 unspecified atom stereocenters. The first kappa shape index (κ1) is 7.25. The van der Waals surface area contributed by atoms with Crippen LogP contribution in [0, 0.1) is 0 Å². The molecule has 0 N–H and O–H groups in total. The van der Waals surface area contributed by atoms with E-state index in [1.165, 1.54) is 0 Å². The molecule has 1 radical (unpaired) electrons. The van der Waals surface area contributed by atoms with Crippen LogP contribution in [-0.4, -0.2) is 30.2 Å². The lowest BCUT2D eigenvalue weighted by atomic mass is 10.1. The summed E-state index contributed by atoms with van der Waals surface area (Å²) < 4.78 is 0. The number of carbonyl (C=O) groups excluding carboxylic acids is 2. The molecule has 0 atom stereocenters. The highest BCUT2D eigenvalue weighted by molar-refractivity contribution is 5.79.